The van der Waals surface area contributed by atoms with E-state index in [9.17, 15) is 14.0 Å². The Kier molecular flexibility index (Phi) is 6.46. The van der Waals surface area contributed by atoms with E-state index >= 15 is 0 Å². The number of thiophene rings is 1. The van der Waals surface area contributed by atoms with Crippen LogP contribution in [0.1, 0.15) is 9.67 Å². The largest absolute Gasteiger partial charge is 0.497 e. The van der Waals surface area contributed by atoms with Crippen molar-refractivity contribution in [2.75, 3.05) is 26.1 Å². The van der Waals surface area contributed by atoms with Crippen molar-refractivity contribution in [1.29, 1.82) is 0 Å². The molecule has 2 aromatic carbocycles. The highest BCUT2D eigenvalue weighted by molar-refractivity contribution is 7.17. The Morgan fingerprint density at radius 3 is 2.45 bits per heavy atom. The van der Waals surface area contributed by atoms with Crippen LogP contribution in [0, 0.1) is 5.82 Å². The summed E-state index contributed by atoms with van der Waals surface area (Å²) in [6.45, 7) is -0.447. The molecule has 6 nitrogen and oxygen atoms in total. The van der Waals surface area contributed by atoms with Gasteiger partial charge in [-0.05, 0) is 42.0 Å². The molecule has 3 rings (SSSR count). The molecule has 0 aliphatic carbocycles. The molecule has 1 heterocycles. The Morgan fingerprint density at radius 2 is 1.76 bits per heavy atom. The highest BCUT2D eigenvalue weighted by Crippen LogP contribution is 2.30. The van der Waals surface area contributed by atoms with Gasteiger partial charge in [0.05, 0.1) is 19.9 Å². The summed E-state index contributed by atoms with van der Waals surface area (Å²) in [6, 6.07) is 14.3. The van der Waals surface area contributed by atoms with Gasteiger partial charge in [0.1, 0.15) is 22.2 Å². The summed E-state index contributed by atoms with van der Waals surface area (Å²) >= 11 is 1.20. The number of halogens is 1. The van der Waals surface area contributed by atoms with E-state index in [2.05, 4.69) is 5.32 Å². The van der Waals surface area contributed by atoms with Crippen LogP contribution in [0.15, 0.2) is 54.6 Å². The fourth-order valence-corrected chi connectivity index (χ4v) is 3.41. The Bertz CT molecular complexity index is 1020. The van der Waals surface area contributed by atoms with Gasteiger partial charge in [0.15, 0.2) is 6.61 Å². The molecule has 0 atom stereocenters. The van der Waals surface area contributed by atoms with Crippen LogP contribution in [0.2, 0.25) is 0 Å². The minimum absolute atomic E-state index is 0.329. The number of carbonyl (C=O) groups is 2. The number of hydrogen-bond acceptors (Lipinski definition) is 6. The molecule has 0 aliphatic heterocycles. The molecule has 0 aliphatic rings. The summed E-state index contributed by atoms with van der Waals surface area (Å²) < 4.78 is 28.4. The summed E-state index contributed by atoms with van der Waals surface area (Å²) in [5.74, 6) is -0.436. The predicted octanol–water partition coefficient (Wildman–Crippen LogP) is 4.37. The lowest BCUT2D eigenvalue weighted by Gasteiger charge is -2.11. The molecule has 29 heavy (non-hydrogen) atoms. The van der Waals surface area contributed by atoms with E-state index in [1.807, 2.05) is 0 Å². The summed E-state index contributed by atoms with van der Waals surface area (Å²) in [5.41, 5.74) is 1.23. The molecule has 0 saturated carbocycles. The highest BCUT2D eigenvalue weighted by Gasteiger charge is 2.15. The maximum absolute atomic E-state index is 13.0. The number of rotatable bonds is 7. The van der Waals surface area contributed by atoms with Crippen LogP contribution in [0.3, 0.4) is 0 Å². The fraction of sp³-hybridized carbons (Fsp3) is 0.143. The molecule has 0 saturated heterocycles. The molecule has 3 aromatic rings. The van der Waals surface area contributed by atoms with Gasteiger partial charge in [-0.15, -0.1) is 11.3 Å². The van der Waals surface area contributed by atoms with Crippen LogP contribution >= 0.6 is 11.3 Å². The maximum Gasteiger partial charge on any atom is 0.348 e. The first-order valence-electron chi connectivity index (χ1n) is 8.55. The number of carbonyl (C=O) groups excluding carboxylic acids is 2. The molecular formula is C21H18FNO5S. The lowest BCUT2D eigenvalue weighted by atomic mass is 10.2. The van der Waals surface area contributed by atoms with E-state index < -0.39 is 18.5 Å². The standard InChI is InChI=1S/C21H18FNO5S/c1-26-15-7-8-16(17(11-15)27-2)23-20(24)12-28-21(25)19-10-9-18(29-19)13-3-5-14(22)6-4-13/h3-11H,12H2,1-2H3,(H,23,24). The van der Waals surface area contributed by atoms with Gasteiger partial charge < -0.3 is 19.5 Å². The molecule has 8 heteroatoms. The summed E-state index contributed by atoms with van der Waals surface area (Å²) in [6.07, 6.45) is 0. The van der Waals surface area contributed by atoms with Crippen molar-refractivity contribution < 1.29 is 28.2 Å². The number of benzene rings is 2. The molecule has 0 radical (unpaired) electrons. The van der Waals surface area contributed by atoms with Crippen molar-refractivity contribution in [3.63, 3.8) is 0 Å². The van der Waals surface area contributed by atoms with Crippen molar-refractivity contribution in [2.45, 2.75) is 0 Å². The van der Waals surface area contributed by atoms with Crippen LogP contribution in [-0.4, -0.2) is 32.7 Å². The van der Waals surface area contributed by atoms with E-state index in [-0.39, 0.29) is 5.82 Å². The SMILES string of the molecule is COc1ccc(NC(=O)COC(=O)c2ccc(-c3ccc(F)cc3)s2)c(OC)c1. The third kappa shape index (κ3) is 5.11. The lowest BCUT2D eigenvalue weighted by molar-refractivity contribution is -0.119. The molecule has 150 valence electrons. The number of ether oxygens (including phenoxy) is 3. The Labute approximate surface area is 170 Å². The number of hydrogen-bond donors (Lipinski definition) is 1. The molecule has 0 fully saturated rings. The smallest absolute Gasteiger partial charge is 0.348 e. The summed E-state index contributed by atoms with van der Waals surface area (Å²) in [5, 5.41) is 2.63. The fourth-order valence-electron chi connectivity index (χ4n) is 2.51. The monoisotopic (exact) mass is 415 g/mol. The molecule has 0 bridgehead atoms. The van der Waals surface area contributed by atoms with Gasteiger partial charge in [0.2, 0.25) is 0 Å². The molecule has 1 amide bonds. The summed E-state index contributed by atoms with van der Waals surface area (Å²) in [4.78, 5) is 25.5. The third-order valence-corrected chi connectivity index (χ3v) is 5.07. The Balaban J connectivity index is 1.58. The first-order valence-corrected chi connectivity index (χ1v) is 9.36. The van der Waals surface area contributed by atoms with Gasteiger partial charge >= 0.3 is 5.97 Å². The maximum atomic E-state index is 13.0. The number of nitrogens with one attached hydrogen (secondary N) is 1. The highest BCUT2D eigenvalue weighted by atomic mass is 32.1. The van der Waals surface area contributed by atoms with Gasteiger partial charge in [0.25, 0.3) is 5.91 Å². The second-order valence-electron chi connectivity index (χ2n) is 5.86. The Hall–Kier alpha value is -3.39. The van der Waals surface area contributed by atoms with Gasteiger partial charge in [-0.2, -0.15) is 0 Å². The van der Waals surface area contributed by atoms with Crippen LogP contribution in [0.4, 0.5) is 10.1 Å². The first-order chi connectivity index (χ1) is 14.0. The lowest BCUT2D eigenvalue weighted by Crippen LogP contribution is -2.20. The first kappa shape index (κ1) is 20.3. The average Bonchev–Trinajstić information content (AvgIpc) is 3.23. The van der Waals surface area contributed by atoms with Crippen molar-refractivity contribution in [2.24, 2.45) is 0 Å². The third-order valence-electron chi connectivity index (χ3n) is 3.95. The van der Waals surface area contributed by atoms with E-state index in [0.29, 0.717) is 22.1 Å². The minimum atomic E-state index is -0.611. The second-order valence-corrected chi connectivity index (χ2v) is 6.95. The van der Waals surface area contributed by atoms with Crippen molar-refractivity contribution >= 4 is 28.9 Å². The molecule has 1 aromatic heterocycles. The molecule has 0 unspecified atom stereocenters. The number of anilines is 1. The van der Waals surface area contributed by atoms with Gasteiger partial charge in [-0.25, -0.2) is 9.18 Å². The minimum Gasteiger partial charge on any atom is -0.497 e. The molecule has 1 N–H and O–H groups in total. The van der Waals surface area contributed by atoms with E-state index in [1.165, 1.54) is 37.7 Å². The van der Waals surface area contributed by atoms with Crippen LogP contribution in [0.5, 0.6) is 11.5 Å². The van der Waals surface area contributed by atoms with Crippen LogP contribution in [-0.2, 0) is 9.53 Å². The second kappa shape index (κ2) is 9.20. The van der Waals surface area contributed by atoms with Crippen LogP contribution in [0.25, 0.3) is 10.4 Å². The zero-order valence-corrected chi connectivity index (χ0v) is 16.5. The normalized spacial score (nSPS) is 10.3. The quantitative estimate of drug-likeness (QED) is 0.580. The molecular weight excluding hydrogens is 397 g/mol. The van der Waals surface area contributed by atoms with E-state index in [0.717, 1.165) is 10.4 Å². The van der Waals surface area contributed by atoms with Gasteiger partial charge in [-0.1, -0.05) is 12.1 Å². The van der Waals surface area contributed by atoms with Crippen molar-refractivity contribution in [3.05, 3.63) is 65.3 Å². The van der Waals surface area contributed by atoms with E-state index in [1.54, 1.807) is 42.5 Å². The number of methoxy groups -OCH3 is 2. The Morgan fingerprint density at radius 1 is 1.00 bits per heavy atom. The topological polar surface area (TPSA) is 73.9 Å². The number of amides is 1. The van der Waals surface area contributed by atoms with Crippen LogP contribution < -0.4 is 14.8 Å². The average molecular weight is 415 g/mol. The van der Waals surface area contributed by atoms with Crippen molar-refractivity contribution in [1.82, 2.24) is 0 Å². The van der Waals surface area contributed by atoms with E-state index in [4.69, 9.17) is 14.2 Å². The van der Waals surface area contributed by atoms with Gasteiger partial charge in [-0.3, -0.25) is 4.79 Å². The summed E-state index contributed by atoms with van der Waals surface area (Å²) in [7, 11) is 3.00. The zero-order chi connectivity index (χ0) is 20.8. The number of esters is 1. The van der Waals surface area contributed by atoms with Gasteiger partial charge in [0, 0.05) is 10.9 Å². The zero-order valence-electron chi connectivity index (χ0n) is 15.7. The van der Waals surface area contributed by atoms with Crippen molar-refractivity contribution in [3.8, 4) is 21.9 Å². The molecule has 0 spiro atoms. The predicted molar refractivity (Wildman–Crippen MR) is 108 cm³/mol.